The molecule has 0 fully saturated rings. The highest BCUT2D eigenvalue weighted by Crippen LogP contribution is 2.30. The molecule has 0 N–H and O–H groups in total. The van der Waals surface area contributed by atoms with E-state index in [2.05, 4.69) is 0 Å². The first-order valence-electron chi connectivity index (χ1n) is 7.12. The van der Waals surface area contributed by atoms with Gasteiger partial charge in [-0.15, -0.1) is 11.8 Å². The molecule has 0 amide bonds. The molecular weight excluding hydrogens is 312 g/mol. The normalized spacial score (nSPS) is 10.3. The zero-order valence-corrected chi connectivity index (χ0v) is 14.5. The lowest BCUT2D eigenvalue weighted by atomic mass is 10.1. The van der Waals surface area contributed by atoms with Crippen LogP contribution in [-0.2, 0) is 11.3 Å². The van der Waals surface area contributed by atoms with E-state index in [1.807, 2.05) is 43.5 Å². The first kappa shape index (κ1) is 17.2. The van der Waals surface area contributed by atoms with Crippen molar-refractivity contribution in [1.82, 2.24) is 0 Å². The summed E-state index contributed by atoms with van der Waals surface area (Å²) >= 11 is 1.52. The summed E-state index contributed by atoms with van der Waals surface area (Å²) in [7, 11) is 3.17. The van der Waals surface area contributed by atoms with Gasteiger partial charge >= 0.3 is 5.97 Å². The van der Waals surface area contributed by atoms with E-state index in [0.717, 1.165) is 16.0 Å². The average Bonchev–Trinajstić information content (AvgIpc) is 2.59. The van der Waals surface area contributed by atoms with Crippen LogP contribution in [0, 0.1) is 6.92 Å². The Kier molecular flexibility index (Phi) is 5.93. The molecule has 2 aromatic rings. The molecule has 0 heterocycles. The van der Waals surface area contributed by atoms with Crippen molar-refractivity contribution < 1.29 is 19.0 Å². The number of benzene rings is 2. The van der Waals surface area contributed by atoms with Crippen molar-refractivity contribution in [1.29, 1.82) is 0 Å². The molecule has 122 valence electrons. The van der Waals surface area contributed by atoms with Gasteiger partial charge in [-0.2, -0.15) is 0 Å². The first-order valence-corrected chi connectivity index (χ1v) is 8.34. The minimum atomic E-state index is -0.330. The van der Waals surface area contributed by atoms with E-state index < -0.39 is 0 Å². The fourth-order valence-corrected chi connectivity index (χ4v) is 2.80. The van der Waals surface area contributed by atoms with E-state index in [-0.39, 0.29) is 12.6 Å². The summed E-state index contributed by atoms with van der Waals surface area (Å²) in [6.45, 7) is 2.13. The van der Waals surface area contributed by atoms with Crippen LogP contribution in [0.5, 0.6) is 11.5 Å². The molecule has 2 rings (SSSR count). The molecular formula is C18H20O4S. The summed E-state index contributed by atoms with van der Waals surface area (Å²) in [6, 6.07) is 11.1. The molecule has 2 aromatic carbocycles. The Morgan fingerprint density at radius 3 is 2.39 bits per heavy atom. The molecule has 4 nitrogen and oxygen atoms in total. The van der Waals surface area contributed by atoms with Gasteiger partial charge < -0.3 is 14.2 Å². The average molecular weight is 332 g/mol. The molecule has 0 atom stereocenters. The number of aryl methyl sites for hydroxylation is 1. The van der Waals surface area contributed by atoms with Crippen LogP contribution in [-0.4, -0.2) is 26.4 Å². The third kappa shape index (κ3) is 3.99. The third-order valence-corrected chi connectivity index (χ3v) is 4.32. The van der Waals surface area contributed by atoms with Gasteiger partial charge in [0.05, 0.1) is 19.8 Å². The van der Waals surface area contributed by atoms with Crippen LogP contribution < -0.4 is 9.47 Å². The second-order valence-corrected chi connectivity index (χ2v) is 5.76. The molecule has 0 unspecified atom stereocenters. The maximum Gasteiger partial charge on any atom is 0.339 e. The van der Waals surface area contributed by atoms with Crippen LogP contribution in [0.25, 0.3) is 0 Å². The number of methoxy groups -OCH3 is 2. The van der Waals surface area contributed by atoms with Gasteiger partial charge in [0.2, 0.25) is 0 Å². The molecule has 5 heteroatoms. The van der Waals surface area contributed by atoms with Gasteiger partial charge in [-0.25, -0.2) is 4.79 Å². The molecule has 0 radical (unpaired) electrons. The topological polar surface area (TPSA) is 44.8 Å². The lowest BCUT2D eigenvalue weighted by Crippen LogP contribution is -2.07. The van der Waals surface area contributed by atoms with Crippen molar-refractivity contribution in [2.75, 3.05) is 20.5 Å². The monoisotopic (exact) mass is 332 g/mol. The maximum atomic E-state index is 12.3. The molecule has 0 aliphatic heterocycles. The Morgan fingerprint density at radius 1 is 1.09 bits per heavy atom. The second-order valence-electron chi connectivity index (χ2n) is 4.91. The quantitative estimate of drug-likeness (QED) is 0.589. The summed E-state index contributed by atoms with van der Waals surface area (Å²) < 4.78 is 16.0. The van der Waals surface area contributed by atoms with Crippen molar-refractivity contribution in [2.45, 2.75) is 18.4 Å². The Hall–Kier alpha value is -2.14. The zero-order valence-electron chi connectivity index (χ0n) is 13.7. The number of ether oxygens (including phenoxy) is 3. The largest absolute Gasteiger partial charge is 0.493 e. The fraction of sp³-hybridized carbons (Fsp3) is 0.278. The lowest BCUT2D eigenvalue weighted by molar-refractivity contribution is 0.0467. The zero-order chi connectivity index (χ0) is 16.8. The molecule has 0 aliphatic carbocycles. The number of hydrogen-bond donors (Lipinski definition) is 0. The highest BCUT2D eigenvalue weighted by Gasteiger charge is 2.14. The molecule has 23 heavy (non-hydrogen) atoms. The molecule has 0 bridgehead atoms. The van der Waals surface area contributed by atoms with Gasteiger partial charge in [-0.1, -0.05) is 12.1 Å². The summed E-state index contributed by atoms with van der Waals surface area (Å²) in [5.74, 6) is 0.950. The maximum absolute atomic E-state index is 12.3. The van der Waals surface area contributed by atoms with Crippen molar-refractivity contribution in [3.8, 4) is 11.5 Å². The van der Waals surface area contributed by atoms with E-state index in [1.54, 1.807) is 20.3 Å². The third-order valence-electron chi connectivity index (χ3n) is 3.53. The molecule has 0 saturated carbocycles. The summed E-state index contributed by atoms with van der Waals surface area (Å²) in [4.78, 5) is 13.2. The van der Waals surface area contributed by atoms with Crippen LogP contribution >= 0.6 is 11.8 Å². The first-order chi connectivity index (χ1) is 11.1. The van der Waals surface area contributed by atoms with Crippen LogP contribution in [0.2, 0.25) is 0 Å². The van der Waals surface area contributed by atoms with Crippen LogP contribution in [0.4, 0.5) is 0 Å². The summed E-state index contributed by atoms with van der Waals surface area (Å²) in [6.07, 6.45) is 1.94. The molecule has 0 aromatic heterocycles. The molecule has 0 saturated heterocycles. The number of carbonyl (C=O) groups is 1. The Morgan fingerprint density at radius 2 is 1.74 bits per heavy atom. The van der Waals surface area contributed by atoms with E-state index in [1.165, 1.54) is 11.8 Å². The van der Waals surface area contributed by atoms with Gasteiger partial charge in [-0.05, 0) is 48.6 Å². The van der Waals surface area contributed by atoms with Gasteiger partial charge in [-0.3, -0.25) is 0 Å². The van der Waals surface area contributed by atoms with Crippen LogP contribution in [0.1, 0.15) is 21.5 Å². The van der Waals surface area contributed by atoms with Crippen LogP contribution in [0.15, 0.2) is 41.3 Å². The van der Waals surface area contributed by atoms with Gasteiger partial charge in [0.15, 0.2) is 11.5 Å². The second kappa shape index (κ2) is 7.92. The Labute approximate surface area is 140 Å². The number of rotatable bonds is 6. The van der Waals surface area contributed by atoms with Crippen molar-refractivity contribution in [3.63, 3.8) is 0 Å². The predicted molar refractivity (Wildman–Crippen MR) is 91.6 cm³/mol. The standard InChI is InChI=1S/C18H20O4S/c1-12-9-15(20-2)16(21-3)10-13(12)11-22-18(19)14-7-5-6-8-17(14)23-4/h5-10H,11H2,1-4H3. The number of carbonyl (C=O) groups excluding carboxylic acids is 1. The predicted octanol–water partition coefficient (Wildman–Crippen LogP) is 4.09. The Bertz CT molecular complexity index is 697. The van der Waals surface area contributed by atoms with Gasteiger partial charge in [0, 0.05) is 4.90 Å². The smallest absolute Gasteiger partial charge is 0.339 e. The summed E-state index contributed by atoms with van der Waals surface area (Å²) in [5.41, 5.74) is 2.45. The van der Waals surface area contributed by atoms with Crippen molar-refractivity contribution in [2.24, 2.45) is 0 Å². The number of thioether (sulfide) groups is 1. The van der Waals surface area contributed by atoms with E-state index in [4.69, 9.17) is 14.2 Å². The highest BCUT2D eigenvalue weighted by molar-refractivity contribution is 7.98. The van der Waals surface area contributed by atoms with E-state index in [0.29, 0.717) is 17.1 Å². The van der Waals surface area contributed by atoms with Crippen molar-refractivity contribution in [3.05, 3.63) is 53.1 Å². The Balaban J connectivity index is 2.16. The molecule has 0 aliphatic rings. The SMILES string of the molecule is COc1cc(C)c(COC(=O)c2ccccc2SC)cc1OC. The fourth-order valence-electron chi connectivity index (χ4n) is 2.21. The number of hydrogen-bond acceptors (Lipinski definition) is 5. The van der Waals surface area contributed by atoms with Gasteiger partial charge in [0.25, 0.3) is 0 Å². The van der Waals surface area contributed by atoms with E-state index >= 15 is 0 Å². The van der Waals surface area contributed by atoms with E-state index in [9.17, 15) is 4.79 Å². The van der Waals surface area contributed by atoms with Crippen LogP contribution in [0.3, 0.4) is 0 Å². The lowest BCUT2D eigenvalue weighted by Gasteiger charge is -2.13. The molecule has 0 spiro atoms. The number of esters is 1. The van der Waals surface area contributed by atoms with Crippen molar-refractivity contribution >= 4 is 17.7 Å². The highest BCUT2D eigenvalue weighted by atomic mass is 32.2. The minimum absolute atomic E-state index is 0.188. The van der Waals surface area contributed by atoms with Gasteiger partial charge in [0.1, 0.15) is 6.61 Å². The summed E-state index contributed by atoms with van der Waals surface area (Å²) in [5, 5.41) is 0. The minimum Gasteiger partial charge on any atom is -0.493 e.